The zero-order chi connectivity index (χ0) is 29.6. The third-order valence-corrected chi connectivity index (χ3v) is 8.15. The van der Waals surface area contributed by atoms with Gasteiger partial charge >= 0.3 is 5.89 Å². The van der Waals surface area contributed by atoms with Crippen LogP contribution in [0.3, 0.4) is 0 Å². The number of hydrogen-bond acceptors (Lipinski definition) is 5. The van der Waals surface area contributed by atoms with Crippen LogP contribution in [0.5, 0.6) is 0 Å². The van der Waals surface area contributed by atoms with Gasteiger partial charge in [0.05, 0.1) is 6.08 Å². The molecule has 42 heavy (non-hydrogen) atoms. The van der Waals surface area contributed by atoms with Gasteiger partial charge in [-0.3, -0.25) is 10.2 Å². The van der Waals surface area contributed by atoms with Crippen LogP contribution in [0.2, 0.25) is 0 Å². The Bertz CT molecular complexity index is 1940. The highest BCUT2D eigenvalue weighted by atomic mass is 16.4. The fourth-order valence-corrected chi connectivity index (χ4v) is 5.84. The first-order valence-electron chi connectivity index (χ1n) is 13.7. The number of nitrogens with one attached hydrogen (secondary N) is 1. The van der Waals surface area contributed by atoms with Crippen molar-refractivity contribution in [3.05, 3.63) is 131 Å². The van der Waals surface area contributed by atoms with Gasteiger partial charge in [-0.25, -0.2) is 0 Å². The molecule has 0 fully saturated rings. The average molecular weight is 550 g/mol. The summed E-state index contributed by atoms with van der Waals surface area (Å²) in [6.45, 7) is 4.24. The maximum Gasteiger partial charge on any atom is 0.374 e. The van der Waals surface area contributed by atoms with Crippen LogP contribution in [0.25, 0.3) is 28.5 Å². The Morgan fingerprint density at radius 2 is 1.60 bits per heavy atom. The van der Waals surface area contributed by atoms with Gasteiger partial charge in [0, 0.05) is 46.1 Å². The van der Waals surface area contributed by atoms with Crippen LogP contribution in [0.4, 0.5) is 5.69 Å². The number of anilines is 1. The van der Waals surface area contributed by atoms with Crippen LogP contribution < -0.4 is 9.47 Å². The van der Waals surface area contributed by atoms with E-state index in [1.807, 2.05) is 74.9 Å². The van der Waals surface area contributed by atoms with Gasteiger partial charge in [0.2, 0.25) is 12.0 Å². The van der Waals surface area contributed by atoms with Gasteiger partial charge in [-0.2, -0.15) is 9.83 Å². The maximum atomic E-state index is 13.6. The number of para-hydroxylation sites is 1. The Balaban J connectivity index is 1.38. The van der Waals surface area contributed by atoms with Crippen molar-refractivity contribution in [2.45, 2.75) is 19.3 Å². The van der Waals surface area contributed by atoms with Gasteiger partial charge in [0.1, 0.15) is 18.7 Å². The molecule has 0 spiro atoms. The summed E-state index contributed by atoms with van der Waals surface area (Å²) in [6.07, 6.45) is 5.37. The Kier molecular flexibility index (Phi) is 6.46. The summed E-state index contributed by atoms with van der Waals surface area (Å²) in [4.78, 5) is 15.7. The summed E-state index contributed by atoms with van der Waals surface area (Å²) >= 11 is 0. The first-order valence-corrected chi connectivity index (χ1v) is 13.7. The predicted molar refractivity (Wildman–Crippen MR) is 164 cm³/mol. The van der Waals surface area contributed by atoms with Crippen molar-refractivity contribution in [1.82, 2.24) is 0 Å². The predicted octanol–water partition coefficient (Wildman–Crippen LogP) is 6.71. The number of rotatable bonds is 5. The van der Waals surface area contributed by atoms with Gasteiger partial charge in [0.15, 0.2) is 5.78 Å². The fraction of sp³-hybridized carbons (Fsp3) is 0.139. The molecule has 2 heterocycles. The van der Waals surface area contributed by atoms with Crippen molar-refractivity contribution in [1.29, 1.82) is 10.7 Å². The number of nitrogens with zero attached hydrogens (tertiary/aromatic N) is 3. The average Bonchev–Trinajstić information content (AvgIpc) is 3.48. The van der Waals surface area contributed by atoms with Crippen molar-refractivity contribution >= 4 is 23.4 Å². The normalized spacial score (nSPS) is 17.2. The molecular formula is C36H29N4O2+. The largest absolute Gasteiger partial charge is 0.398 e. The third kappa shape index (κ3) is 4.25. The minimum absolute atomic E-state index is 0.00889. The number of Topliss-reactive ketones (excluding diaryl/α,β-unsaturated/α-hetero) is 1. The summed E-state index contributed by atoms with van der Waals surface area (Å²) in [5.41, 5.74) is 7.12. The van der Waals surface area contributed by atoms with E-state index in [-0.39, 0.29) is 16.8 Å². The number of aromatic nitrogens is 1. The quantitative estimate of drug-likeness (QED) is 0.130. The SMILES string of the molecule is CN1/C(=C/C2=C(C(=C=N)C#N)C(=C/c3oc(-c4ccc(-c5ccccc5)cc4)c[n+]3C)/C2=O)C(C)(C)c2ccccc21. The van der Waals surface area contributed by atoms with E-state index < -0.39 is 0 Å². The number of nitriles is 1. The zero-order valence-electron chi connectivity index (χ0n) is 23.9. The molecule has 0 atom stereocenters. The third-order valence-electron chi connectivity index (χ3n) is 8.15. The molecule has 6 heteroatoms. The number of fused-ring (bicyclic) bond motifs is 1. The van der Waals surface area contributed by atoms with Crippen molar-refractivity contribution in [2.24, 2.45) is 7.05 Å². The van der Waals surface area contributed by atoms with Crippen molar-refractivity contribution < 1.29 is 13.8 Å². The molecule has 1 aliphatic heterocycles. The van der Waals surface area contributed by atoms with E-state index in [1.165, 1.54) is 5.56 Å². The van der Waals surface area contributed by atoms with Crippen LogP contribution in [0.1, 0.15) is 25.3 Å². The molecule has 204 valence electrons. The van der Waals surface area contributed by atoms with E-state index in [1.54, 1.807) is 10.6 Å². The molecule has 0 saturated carbocycles. The number of oxazole rings is 1. The first-order chi connectivity index (χ1) is 20.2. The topological polar surface area (TPSA) is 85.0 Å². The van der Waals surface area contributed by atoms with Gasteiger partial charge < -0.3 is 9.32 Å². The summed E-state index contributed by atoms with van der Waals surface area (Å²) in [5.74, 6) is 3.14. The van der Waals surface area contributed by atoms with Crippen LogP contribution >= 0.6 is 0 Å². The number of ketones is 1. The molecule has 0 radical (unpaired) electrons. The van der Waals surface area contributed by atoms with Gasteiger partial charge in [-0.1, -0.05) is 86.6 Å². The second kappa shape index (κ2) is 10.2. The number of benzene rings is 3. The van der Waals surface area contributed by atoms with E-state index >= 15 is 0 Å². The van der Waals surface area contributed by atoms with Crippen molar-refractivity contribution in [3.8, 4) is 28.5 Å². The lowest BCUT2D eigenvalue weighted by atomic mass is 9.75. The maximum absolute atomic E-state index is 13.6. The molecule has 1 aromatic heterocycles. The number of likely N-dealkylation sites (N-methyl/N-ethyl adjacent to an activating group) is 1. The second-order valence-electron chi connectivity index (χ2n) is 11.0. The van der Waals surface area contributed by atoms with E-state index in [0.29, 0.717) is 28.4 Å². The zero-order valence-corrected chi connectivity index (χ0v) is 23.9. The van der Waals surface area contributed by atoms with Gasteiger partial charge in [-0.05, 0) is 34.7 Å². The van der Waals surface area contributed by atoms with Gasteiger partial charge in [0.25, 0.3) is 0 Å². The smallest absolute Gasteiger partial charge is 0.374 e. The lowest BCUT2D eigenvalue weighted by Crippen LogP contribution is -2.30. The molecule has 0 saturated heterocycles. The van der Waals surface area contributed by atoms with Crippen LogP contribution in [-0.2, 0) is 17.3 Å². The minimum atomic E-state index is -0.344. The monoisotopic (exact) mass is 549 g/mol. The lowest BCUT2D eigenvalue weighted by molar-refractivity contribution is -0.676. The molecule has 0 unspecified atom stereocenters. The molecule has 4 aromatic rings. The van der Waals surface area contributed by atoms with Crippen molar-refractivity contribution in [2.75, 3.05) is 11.9 Å². The summed E-state index contributed by atoms with van der Waals surface area (Å²) in [5, 5.41) is 17.6. The highest BCUT2D eigenvalue weighted by Crippen LogP contribution is 2.48. The molecule has 0 amide bonds. The summed E-state index contributed by atoms with van der Waals surface area (Å²) < 4.78 is 7.99. The van der Waals surface area contributed by atoms with E-state index in [4.69, 9.17) is 9.83 Å². The number of hydrogen-bond donors (Lipinski definition) is 1. The Hall–Kier alpha value is -5.50. The van der Waals surface area contributed by atoms with Crippen LogP contribution in [0.15, 0.2) is 124 Å². The molecule has 2 aliphatic rings. The number of aryl methyl sites for hydroxylation is 1. The summed E-state index contributed by atoms with van der Waals surface area (Å²) in [7, 11) is 3.83. The molecule has 1 aliphatic carbocycles. The summed E-state index contributed by atoms with van der Waals surface area (Å²) in [6, 6.07) is 28.5. The number of carbonyl (C=O) groups is 1. The Morgan fingerprint density at radius 1 is 0.952 bits per heavy atom. The van der Waals surface area contributed by atoms with E-state index in [0.717, 1.165) is 28.1 Å². The molecular weight excluding hydrogens is 520 g/mol. The van der Waals surface area contributed by atoms with Crippen LogP contribution in [-0.4, -0.2) is 18.7 Å². The molecule has 3 aromatic carbocycles. The number of allylic oxidation sites excluding steroid dienone is 6. The van der Waals surface area contributed by atoms with Crippen molar-refractivity contribution in [3.63, 3.8) is 0 Å². The molecule has 0 bridgehead atoms. The van der Waals surface area contributed by atoms with Gasteiger partial charge in [-0.15, -0.1) is 0 Å². The van der Waals surface area contributed by atoms with Crippen LogP contribution in [0, 0.1) is 16.7 Å². The first kappa shape index (κ1) is 26.7. The molecule has 6 rings (SSSR count). The minimum Gasteiger partial charge on any atom is -0.398 e. The molecule has 6 nitrogen and oxygen atoms in total. The molecule has 1 N–H and O–H groups in total. The highest BCUT2D eigenvalue weighted by Gasteiger charge is 2.42. The Morgan fingerprint density at radius 3 is 2.26 bits per heavy atom. The Labute approximate surface area is 245 Å². The highest BCUT2D eigenvalue weighted by molar-refractivity contribution is 6.26. The van der Waals surface area contributed by atoms with E-state index in [2.05, 4.69) is 61.0 Å². The number of carbonyl (C=O) groups excluding carboxylic acids is 1. The standard InChI is InChI=1S/C36H29N4O2/c1-36(2)29-12-8-9-13-30(29)40(4)32(36)18-27-34(26(20-37)21-38)28(35(27)41)19-33-39(3)22-31(42-33)25-16-14-24(15-17-25)23-10-6-5-7-11-23/h5-19,22,37H,1-4H3/q+1. The fourth-order valence-electron chi connectivity index (χ4n) is 5.84. The van der Waals surface area contributed by atoms with E-state index in [9.17, 15) is 10.1 Å². The lowest BCUT2D eigenvalue weighted by Gasteiger charge is -2.28. The second-order valence-corrected chi connectivity index (χ2v) is 11.0.